The fraction of sp³-hybridized carbons (Fsp3) is 1.00. The van der Waals surface area contributed by atoms with E-state index >= 15 is 0 Å². The summed E-state index contributed by atoms with van der Waals surface area (Å²) < 4.78 is 23.3. The van der Waals surface area contributed by atoms with Gasteiger partial charge in [0.05, 0.1) is 11.5 Å². The lowest BCUT2D eigenvalue weighted by Gasteiger charge is -2.34. The molecule has 0 aromatic carbocycles. The molecule has 2 unspecified atom stereocenters. The minimum atomic E-state index is -2.74. The predicted octanol–water partition coefficient (Wildman–Crippen LogP) is 2.37. The monoisotopic (exact) mass is 273 g/mol. The first kappa shape index (κ1) is 14.3. The molecule has 2 fully saturated rings. The van der Waals surface area contributed by atoms with Crippen molar-refractivity contribution in [3.63, 3.8) is 0 Å². The van der Waals surface area contributed by atoms with Gasteiger partial charge in [0.15, 0.2) is 9.84 Å². The van der Waals surface area contributed by atoms with Gasteiger partial charge < -0.3 is 5.32 Å². The molecule has 1 N–H and O–H groups in total. The minimum Gasteiger partial charge on any atom is -0.313 e. The Labute approximate surface area is 112 Å². The van der Waals surface area contributed by atoms with Gasteiger partial charge in [0.1, 0.15) is 0 Å². The minimum absolute atomic E-state index is 0.365. The summed E-state index contributed by atoms with van der Waals surface area (Å²) in [6.07, 6.45) is 8.60. The van der Waals surface area contributed by atoms with Crippen LogP contribution in [0.5, 0.6) is 0 Å². The van der Waals surface area contributed by atoms with Gasteiger partial charge in [-0.25, -0.2) is 8.42 Å². The van der Waals surface area contributed by atoms with E-state index in [0.717, 1.165) is 19.4 Å². The summed E-state index contributed by atoms with van der Waals surface area (Å²) >= 11 is 0. The van der Waals surface area contributed by atoms with Gasteiger partial charge in [0, 0.05) is 6.04 Å². The lowest BCUT2D eigenvalue weighted by atomic mass is 9.78. The van der Waals surface area contributed by atoms with Crippen LogP contribution in [0.4, 0.5) is 0 Å². The SMILES string of the molecule is CCCNC(C1CCCCC1)C1CCS(=O)(=O)C1. The molecule has 0 aromatic rings. The zero-order chi connectivity index (χ0) is 13.0. The van der Waals surface area contributed by atoms with Crippen LogP contribution in [0, 0.1) is 11.8 Å². The van der Waals surface area contributed by atoms with E-state index in [1.54, 1.807) is 0 Å². The molecule has 2 aliphatic rings. The summed E-state index contributed by atoms with van der Waals surface area (Å²) in [5.74, 6) is 1.91. The maximum atomic E-state index is 11.7. The van der Waals surface area contributed by atoms with Crippen molar-refractivity contribution < 1.29 is 8.42 Å². The van der Waals surface area contributed by atoms with Crippen LogP contribution >= 0.6 is 0 Å². The summed E-state index contributed by atoms with van der Waals surface area (Å²) in [6.45, 7) is 3.20. The highest BCUT2D eigenvalue weighted by atomic mass is 32.2. The Hall–Kier alpha value is -0.0900. The number of nitrogens with one attached hydrogen (secondary N) is 1. The Bertz CT molecular complexity index is 347. The van der Waals surface area contributed by atoms with E-state index in [9.17, 15) is 8.42 Å². The fourth-order valence-corrected chi connectivity index (χ4v) is 5.48. The molecule has 2 atom stereocenters. The maximum absolute atomic E-state index is 11.7. The van der Waals surface area contributed by atoms with Gasteiger partial charge in [-0.05, 0) is 44.1 Å². The first-order valence-electron chi connectivity index (χ1n) is 7.56. The van der Waals surface area contributed by atoms with E-state index < -0.39 is 9.84 Å². The largest absolute Gasteiger partial charge is 0.313 e. The van der Waals surface area contributed by atoms with Crippen molar-refractivity contribution >= 4 is 9.84 Å². The van der Waals surface area contributed by atoms with Crippen molar-refractivity contribution in [3.8, 4) is 0 Å². The molecule has 3 nitrogen and oxygen atoms in total. The summed E-state index contributed by atoms with van der Waals surface area (Å²) in [5.41, 5.74) is 0. The molecule has 1 saturated carbocycles. The quantitative estimate of drug-likeness (QED) is 0.836. The van der Waals surface area contributed by atoms with Crippen LogP contribution in [0.25, 0.3) is 0 Å². The van der Waals surface area contributed by atoms with Crippen LogP contribution in [0.1, 0.15) is 51.9 Å². The van der Waals surface area contributed by atoms with Crippen LogP contribution in [-0.4, -0.2) is 32.5 Å². The molecule has 1 heterocycles. The van der Waals surface area contributed by atoms with Gasteiger partial charge in [0.25, 0.3) is 0 Å². The molecule has 106 valence electrons. The third kappa shape index (κ3) is 3.70. The Morgan fingerprint density at radius 2 is 1.83 bits per heavy atom. The molecule has 4 heteroatoms. The normalized spacial score (nSPS) is 30.4. The van der Waals surface area contributed by atoms with Gasteiger partial charge in [-0.3, -0.25) is 0 Å². The van der Waals surface area contributed by atoms with E-state index in [4.69, 9.17) is 0 Å². The number of sulfone groups is 1. The summed E-state index contributed by atoms with van der Waals surface area (Å²) in [7, 11) is -2.74. The zero-order valence-electron chi connectivity index (χ0n) is 11.5. The van der Waals surface area contributed by atoms with Crippen LogP contribution in [0.15, 0.2) is 0 Å². The zero-order valence-corrected chi connectivity index (χ0v) is 12.3. The highest BCUT2D eigenvalue weighted by molar-refractivity contribution is 7.91. The van der Waals surface area contributed by atoms with Crippen molar-refractivity contribution in [3.05, 3.63) is 0 Å². The topological polar surface area (TPSA) is 46.2 Å². The second kappa shape index (κ2) is 6.38. The molecular weight excluding hydrogens is 246 g/mol. The molecule has 1 aliphatic heterocycles. The van der Waals surface area contributed by atoms with Gasteiger partial charge in [-0.1, -0.05) is 26.2 Å². The van der Waals surface area contributed by atoms with Crippen molar-refractivity contribution in [1.29, 1.82) is 0 Å². The Morgan fingerprint density at radius 1 is 1.11 bits per heavy atom. The highest BCUT2D eigenvalue weighted by Gasteiger charge is 2.37. The second-order valence-corrected chi connectivity index (χ2v) is 8.27. The van der Waals surface area contributed by atoms with Crippen LogP contribution in [-0.2, 0) is 9.84 Å². The van der Waals surface area contributed by atoms with Gasteiger partial charge >= 0.3 is 0 Å². The average Bonchev–Trinajstić information content (AvgIpc) is 2.72. The molecule has 18 heavy (non-hydrogen) atoms. The molecule has 1 aliphatic carbocycles. The smallest absolute Gasteiger partial charge is 0.150 e. The third-order valence-electron chi connectivity index (χ3n) is 4.56. The first-order valence-corrected chi connectivity index (χ1v) is 9.38. The summed E-state index contributed by atoms with van der Waals surface area (Å²) in [6, 6.07) is 0.447. The Morgan fingerprint density at radius 3 is 2.39 bits per heavy atom. The molecule has 2 rings (SSSR count). The molecular formula is C14H27NO2S. The van der Waals surface area contributed by atoms with E-state index in [0.29, 0.717) is 29.4 Å². The molecule has 0 spiro atoms. The third-order valence-corrected chi connectivity index (χ3v) is 6.36. The van der Waals surface area contributed by atoms with E-state index in [1.165, 1.54) is 32.1 Å². The van der Waals surface area contributed by atoms with Crippen molar-refractivity contribution in [2.24, 2.45) is 11.8 Å². The average molecular weight is 273 g/mol. The molecule has 1 saturated heterocycles. The van der Waals surface area contributed by atoms with Gasteiger partial charge in [-0.2, -0.15) is 0 Å². The maximum Gasteiger partial charge on any atom is 0.150 e. The number of hydrogen-bond donors (Lipinski definition) is 1. The van der Waals surface area contributed by atoms with Crippen LogP contribution in [0.2, 0.25) is 0 Å². The van der Waals surface area contributed by atoms with E-state index in [2.05, 4.69) is 12.2 Å². The summed E-state index contributed by atoms with van der Waals surface area (Å²) in [4.78, 5) is 0. The number of rotatable bonds is 5. The van der Waals surface area contributed by atoms with Crippen LogP contribution in [0.3, 0.4) is 0 Å². The molecule has 0 aromatic heterocycles. The van der Waals surface area contributed by atoms with Gasteiger partial charge in [0.2, 0.25) is 0 Å². The number of hydrogen-bond acceptors (Lipinski definition) is 3. The standard InChI is InChI=1S/C14H27NO2S/c1-2-9-15-14(12-6-4-3-5-7-12)13-8-10-18(16,17)11-13/h12-15H,2-11H2,1H3. The highest BCUT2D eigenvalue weighted by Crippen LogP contribution is 2.33. The molecule has 0 radical (unpaired) electrons. The van der Waals surface area contributed by atoms with Crippen molar-refractivity contribution in [1.82, 2.24) is 5.32 Å². The second-order valence-electron chi connectivity index (χ2n) is 6.04. The van der Waals surface area contributed by atoms with Crippen LogP contribution < -0.4 is 5.32 Å². The lowest BCUT2D eigenvalue weighted by molar-refractivity contribution is 0.217. The van der Waals surface area contributed by atoms with Gasteiger partial charge in [-0.15, -0.1) is 0 Å². The molecule has 0 bridgehead atoms. The Balaban J connectivity index is 1.99. The molecule has 0 amide bonds. The predicted molar refractivity (Wildman–Crippen MR) is 75.4 cm³/mol. The lowest BCUT2D eigenvalue weighted by Crippen LogP contribution is -2.44. The van der Waals surface area contributed by atoms with E-state index in [-0.39, 0.29) is 0 Å². The van der Waals surface area contributed by atoms with Crippen molar-refractivity contribution in [2.75, 3.05) is 18.1 Å². The first-order chi connectivity index (χ1) is 8.62. The van der Waals surface area contributed by atoms with Crippen molar-refractivity contribution in [2.45, 2.75) is 57.9 Å². The fourth-order valence-electron chi connectivity index (χ4n) is 3.63. The Kier molecular flexibility index (Phi) is 5.07. The summed E-state index contributed by atoms with van der Waals surface area (Å²) in [5, 5.41) is 3.65. The van der Waals surface area contributed by atoms with E-state index in [1.807, 2.05) is 0 Å².